The molecule has 3 N–H and O–H groups in total. The predicted molar refractivity (Wildman–Crippen MR) is 54.6 cm³/mol. The molecule has 1 aromatic rings. The van der Waals surface area contributed by atoms with Gasteiger partial charge in [0.2, 0.25) is 0 Å². The summed E-state index contributed by atoms with van der Waals surface area (Å²) in [7, 11) is 0. The summed E-state index contributed by atoms with van der Waals surface area (Å²) in [4.78, 5) is 8.09. The molecule has 1 aromatic heterocycles. The van der Waals surface area contributed by atoms with E-state index in [4.69, 9.17) is 5.73 Å². The number of rotatable bonds is 3. The fourth-order valence-corrected chi connectivity index (χ4v) is 1.17. The van der Waals surface area contributed by atoms with E-state index in [1.165, 1.54) is 6.33 Å². The van der Waals surface area contributed by atoms with Crippen molar-refractivity contribution in [1.82, 2.24) is 9.97 Å². The van der Waals surface area contributed by atoms with Crippen LogP contribution in [0, 0.1) is 0 Å². The number of anilines is 2. The van der Waals surface area contributed by atoms with Gasteiger partial charge in [0.05, 0.1) is 0 Å². The molecule has 72 valence electrons. The van der Waals surface area contributed by atoms with Crippen molar-refractivity contribution in [3.63, 3.8) is 0 Å². The van der Waals surface area contributed by atoms with E-state index in [1.54, 1.807) is 0 Å². The fraction of sp³-hybridized carbons (Fsp3) is 0.556. The summed E-state index contributed by atoms with van der Waals surface area (Å²) >= 11 is 0. The SMILES string of the molecule is CCc1c(N)ncnc1NC(C)C. The van der Waals surface area contributed by atoms with Crippen molar-refractivity contribution in [3.05, 3.63) is 11.9 Å². The quantitative estimate of drug-likeness (QED) is 0.738. The standard InChI is InChI=1S/C9H16N4/c1-4-7-8(10)11-5-12-9(7)13-6(2)3/h5-6H,4H2,1-3H3,(H3,10,11,12,13). The maximum absolute atomic E-state index is 5.72. The summed E-state index contributed by atoms with van der Waals surface area (Å²) in [6.07, 6.45) is 2.33. The highest BCUT2D eigenvalue weighted by Gasteiger charge is 2.07. The number of nitrogen functional groups attached to an aromatic ring is 1. The minimum absolute atomic E-state index is 0.361. The molecular formula is C9H16N4. The third kappa shape index (κ3) is 2.31. The Kier molecular flexibility index (Phi) is 3.06. The van der Waals surface area contributed by atoms with Crippen LogP contribution in [0.3, 0.4) is 0 Å². The lowest BCUT2D eigenvalue weighted by atomic mass is 10.2. The van der Waals surface area contributed by atoms with Crippen LogP contribution in [0.5, 0.6) is 0 Å². The molecule has 1 heterocycles. The molecule has 0 radical (unpaired) electrons. The largest absolute Gasteiger partial charge is 0.383 e. The van der Waals surface area contributed by atoms with Crippen LogP contribution in [-0.4, -0.2) is 16.0 Å². The van der Waals surface area contributed by atoms with Crippen molar-refractivity contribution in [2.75, 3.05) is 11.1 Å². The molecule has 13 heavy (non-hydrogen) atoms. The Labute approximate surface area is 78.6 Å². The van der Waals surface area contributed by atoms with E-state index in [1.807, 2.05) is 6.92 Å². The van der Waals surface area contributed by atoms with Crippen molar-refractivity contribution in [1.29, 1.82) is 0 Å². The molecule has 0 atom stereocenters. The van der Waals surface area contributed by atoms with Gasteiger partial charge in [-0.25, -0.2) is 9.97 Å². The highest BCUT2D eigenvalue weighted by atomic mass is 15.0. The Balaban J connectivity index is 2.98. The molecule has 0 bridgehead atoms. The van der Waals surface area contributed by atoms with Gasteiger partial charge in [0.15, 0.2) is 0 Å². The zero-order chi connectivity index (χ0) is 9.84. The summed E-state index contributed by atoms with van der Waals surface area (Å²) in [6, 6.07) is 0.361. The second kappa shape index (κ2) is 4.07. The van der Waals surface area contributed by atoms with E-state index in [9.17, 15) is 0 Å². The molecule has 0 aliphatic carbocycles. The van der Waals surface area contributed by atoms with Gasteiger partial charge in [0.1, 0.15) is 18.0 Å². The molecule has 0 saturated heterocycles. The Morgan fingerprint density at radius 1 is 1.46 bits per heavy atom. The molecule has 0 aromatic carbocycles. The maximum atomic E-state index is 5.72. The molecule has 0 aliphatic heterocycles. The van der Waals surface area contributed by atoms with Crippen LogP contribution in [-0.2, 0) is 6.42 Å². The average molecular weight is 180 g/mol. The number of aromatic nitrogens is 2. The van der Waals surface area contributed by atoms with E-state index >= 15 is 0 Å². The van der Waals surface area contributed by atoms with Gasteiger partial charge in [0.25, 0.3) is 0 Å². The van der Waals surface area contributed by atoms with Crippen LogP contribution in [0.1, 0.15) is 26.3 Å². The average Bonchev–Trinajstić information content (AvgIpc) is 2.03. The fourth-order valence-electron chi connectivity index (χ4n) is 1.17. The number of hydrogen-bond donors (Lipinski definition) is 2. The third-order valence-electron chi connectivity index (χ3n) is 1.76. The summed E-state index contributed by atoms with van der Waals surface area (Å²) in [5, 5.41) is 3.23. The zero-order valence-electron chi connectivity index (χ0n) is 8.33. The van der Waals surface area contributed by atoms with E-state index in [-0.39, 0.29) is 0 Å². The van der Waals surface area contributed by atoms with Crippen molar-refractivity contribution < 1.29 is 0 Å². The van der Waals surface area contributed by atoms with Crippen molar-refractivity contribution in [3.8, 4) is 0 Å². The lowest BCUT2D eigenvalue weighted by Crippen LogP contribution is -2.14. The highest BCUT2D eigenvalue weighted by molar-refractivity contribution is 5.55. The summed E-state index contributed by atoms with van der Waals surface area (Å²) in [5.41, 5.74) is 6.71. The van der Waals surface area contributed by atoms with Gasteiger partial charge in [-0.1, -0.05) is 6.92 Å². The van der Waals surface area contributed by atoms with Crippen LogP contribution in [0.15, 0.2) is 6.33 Å². The van der Waals surface area contributed by atoms with Crippen LogP contribution >= 0.6 is 0 Å². The first-order valence-corrected chi connectivity index (χ1v) is 4.51. The monoisotopic (exact) mass is 180 g/mol. The first-order chi connectivity index (χ1) is 6.15. The van der Waals surface area contributed by atoms with Gasteiger partial charge in [-0.05, 0) is 20.3 Å². The van der Waals surface area contributed by atoms with Gasteiger partial charge in [-0.2, -0.15) is 0 Å². The van der Waals surface area contributed by atoms with E-state index < -0.39 is 0 Å². The minimum atomic E-state index is 0.361. The normalized spacial score (nSPS) is 10.5. The molecule has 1 rings (SSSR count). The Morgan fingerprint density at radius 3 is 2.69 bits per heavy atom. The van der Waals surface area contributed by atoms with Crippen LogP contribution in [0.25, 0.3) is 0 Å². The van der Waals surface area contributed by atoms with Gasteiger partial charge in [-0.3, -0.25) is 0 Å². The molecule has 0 spiro atoms. The topological polar surface area (TPSA) is 63.8 Å². The van der Waals surface area contributed by atoms with E-state index in [0.717, 1.165) is 17.8 Å². The molecule has 0 amide bonds. The maximum Gasteiger partial charge on any atom is 0.134 e. The lowest BCUT2D eigenvalue weighted by molar-refractivity contribution is 0.877. The number of hydrogen-bond acceptors (Lipinski definition) is 4. The molecule has 0 saturated carbocycles. The van der Waals surface area contributed by atoms with E-state index in [0.29, 0.717) is 11.9 Å². The van der Waals surface area contributed by atoms with Crippen LogP contribution < -0.4 is 11.1 Å². The first kappa shape index (κ1) is 9.77. The molecule has 0 fully saturated rings. The second-order valence-corrected chi connectivity index (χ2v) is 3.24. The van der Waals surface area contributed by atoms with Gasteiger partial charge in [-0.15, -0.1) is 0 Å². The minimum Gasteiger partial charge on any atom is -0.383 e. The molecule has 4 nitrogen and oxygen atoms in total. The highest BCUT2D eigenvalue weighted by Crippen LogP contribution is 2.17. The van der Waals surface area contributed by atoms with Gasteiger partial charge < -0.3 is 11.1 Å². The number of nitrogens with two attached hydrogens (primary N) is 1. The van der Waals surface area contributed by atoms with Gasteiger partial charge in [0, 0.05) is 11.6 Å². The number of nitrogens with zero attached hydrogens (tertiary/aromatic N) is 2. The second-order valence-electron chi connectivity index (χ2n) is 3.24. The summed E-state index contributed by atoms with van der Waals surface area (Å²) < 4.78 is 0. The van der Waals surface area contributed by atoms with Crippen molar-refractivity contribution in [2.24, 2.45) is 0 Å². The van der Waals surface area contributed by atoms with Crippen molar-refractivity contribution in [2.45, 2.75) is 33.2 Å². The molecule has 0 unspecified atom stereocenters. The Bertz CT molecular complexity index is 283. The molecule has 4 heteroatoms. The Morgan fingerprint density at radius 2 is 2.15 bits per heavy atom. The Hall–Kier alpha value is -1.32. The van der Waals surface area contributed by atoms with Crippen LogP contribution in [0.2, 0.25) is 0 Å². The predicted octanol–water partition coefficient (Wildman–Crippen LogP) is 1.44. The van der Waals surface area contributed by atoms with E-state index in [2.05, 4.69) is 29.1 Å². The van der Waals surface area contributed by atoms with Crippen LogP contribution in [0.4, 0.5) is 11.6 Å². The number of nitrogens with one attached hydrogen (secondary N) is 1. The van der Waals surface area contributed by atoms with Gasteiger partial charge >= 0.3 is 0 Å². The first-order valence-electron chi connectivity index (χ1n) is 4.51. The smallest absolute Gasteiger partial charge is 0.134 e. The third-order valence-corrected chi connectivity index (χ3v) is 1.76. The lowest BCUT2D eigenvalue weighted by Gasteiger charge is -2.13. The van der Waals surface area contributed by atoms with Crippen molar-refractivity contribution >= 4 is 11.6 Å². The zero-order valence-corrected chi connectivity index (χ0v) is 8.33. The summed E-state index contributed by atoms with van der Waals surface area (Å²) in [6.45, 7) is 6.18. The molecular weight excluding hydrogens is 164 g/mol. The molecule has 0 aliphatic rings. The summed E-state index contributed by atoms with van der Waals surface area (Å²) in [5.74, 6) is 1.42.